The van der Waals surface area contributed by atoms with Gasteiger partial charge in [-0.05, 0) is 33.8 Å². The number of fused-ring (bicyclic) bond motifs is 1. The number of amides is 1. The molecular weight excluding hydrogens is 1160 g/mol. The van der Waals surface area contributed by atoms with E-state index in [-0.39, 0.29) is 159 Å². The number of halogens is 2. The minimum atomic E-state index is -1.08. The molecule has 1 aliphatic heterocycles. The van der Waals surface area contributed by atoms with Crippen LogP contribution in [0, 0.1) is 11.8 Å². The SMILES string of the molecule is CC(=O)[O-].CC(=O)c1cc2sc(C(C)C)nc2s1.CC(C)C(N)=S.CC(C)C1=NC(=O)CS1.CC(C)c1nc(Cl)c(C=O)s1.CCC(C)=O.CCOC(=O)CBr.[H-].[H-].[K+].[K+].[K][K].[K][K].[Na+]. The number of aromatic nitrogens is 2. The van der Waals surface area contributed by atoms with Crippen molar-refractivity contribution in [3.63, 3.8) is 0 Å². The van der Waals surface area contributed by atoms with Crippen LogP contribution in [0.15, 0.2) is 11.1 Å². The molecule has 4 rings (SSSR count). The number of aliphatic carboxylic acids is 1. The smallest absolute Gasteiger partial charge is 1.00 e. The standard InChI is InChI=1S/C10H11NOS2.C7H8ClNOS.C6H9NOS.C4H7BrO2.C4H9NS.C4H8O.C2H4O2.6K.Na.2H/c1-5(2)9-11-10-8(14-9)4-7(13-10)6(3)12;1-4(2)7-9-6(8)5(3-10)11-7;1-4(2)6-7-5(8)3-9-6;1-2-7-4(6)3-5;1-3(2)4(5)6;1-3-4(2)5;1-2(3)4;;;;;;;;;/h4-5H,1-3H3;3-4H,1-2H3;4H,3H2,1-2H3;2-3H2,1H3;3H,1-2H3,(H2,5,6);3H2,1-2H3;1H3,(H,3,4);;;;;;;;;/q;;;;;;;;;;;3*+1;2*-1/p-1. The first-order chi connectivity index (χ1) is 27.9. The third-order valence-corrected chi connectivity index (χ3v) is 12.1. The van der Waals surface area contributed by atoms with Crippen molar-refractivity contribution in [3.05, 3.63) is 31.0 Å². The Morgan fingerprint density at radius 1 is 0.937 bits per heavy atom. The molecule has 2 N–H and O–H groups in total. The van der Waals surface area contributed by atoms with Gasteiger partial charge in [-0.15, -0.1) is 45.8 Å². The van der Waals surface area contributed by atoms with Crippen molar-refractivity contribution in [2.45, 2.75) is 108 Å². The normalized spacial score (nSPS) is 10.1. The number of ether oxygens (including phenoxy) is 1. The van der Waals surface area contributed by atoms with E-state index in [1.807, 2.05) is 54.5 Å². The van der Waals surface area contributed by atoms with Crippen LogP contribution in [0.25, 0.3) is 9.53 Å². The number of Topliss-reactive ketones (excluding diaryl/α,β-unsaturated/α-hetero) is 2. The Morgan fingerprint density at radius 2 is 1.37 bits per heavy atom. The summed E-state index contributed by atoms with van der Waals surface area (Å²) in [5.41, 5.74) is 5.17. The van der Waals surface area contributed by atoms with E-state index < -0.39 is 5.97 Å². The molecule has 0 fully saturated rings. The van der Waals surface area contributed by atoms with Crippen molar-refractivity contribution in [1.29, 1.82) is 0 Å². The van der Waals surface area contributed by atoms with Crippen LogP contribution in [-0.4, -0.2) is 200 Å². The Kier molecular flexibility index (Phi) is 81.0. The summed E-state index contributed by atoms with van der Waals surface area (Å²) in [5.74, 6) is 1.25. The molecule has 0 aliphatic carbocycles. The van der Waals surface area contributed by atoms with E-state index in [9.17, 15) is 24.0 Å². The summed E-state index contributed by atoms with van der Waals surface area (Å²) in [6, 6.07) is 1.95. The summed E-state index contributed by atoms with van der Waals surface area (Å²) in [5, 5.41) is 12.6. The van der Waals surface area contributed by atoms with Gasteiger partial charge in [0.2, 0.25) is 0 Å². The van der Waals surface area contributed by atoms with Crippen molar-refractivity contribution in [1.82, 2.24) is 9.97 Å². The number of alkyl halides is 1. The van der Waals surface area contributed by atoms with E-state index in [4.69, 9.17) is 27.2 Å². The number of nitrogens with two attached hydrogens (primary N) is 1. The Labute approximate surface area is 612 Å². The van der Waals surface area contributed by atoms with Crippen LogP contribution in [0.2, 0.25) is 5.15 Å². The topological polar surface area (TPSA) is 199 Å². The molecule has 12 nitrogen and oxygen atoms in total. The van der Waals surface area contributed by atoms with Crippen molar-refractivity contribution in [2.75, 3.05) is 17.7 Å². The molecule has 3 aromatic heterocycles. The van der Waals surface area contributed by atoms with Gasteiger partial charge in [0.15, 0.2) is 17.2 Å². The quantitative estimate of drug-likeness (QED) is 0.0689. The first-order valence-electron chi connectivity index (χ1n) is 19.3. The number of rotatable bonds is 9. The van der Waals surface area contributed by atoms with Gasteiger partial charge in [-0.1, -0.05) is 102 Å². The number of aldehydes is 1. The predicted octanol–water partition coefficient (Wildman–Crippen LogP) is -0.941. The first kappa shape index (κ1) is 88.0. The summed E-state index contributed by atoms with van der Waals surface area (Å²) in [6.45, 7) is 24.6. The molecule has 3 aromatic rings. The number of carboxylic acids is 1. The molecule has 26 heteroatoms. The number of nitrogens with zero attached hydrogens (tertiary/aromatic N) is 3. The van der Waals surface area contributed by atoms with Gasteiger partial charge in [0, 0.05) is 36.1 Å². The molecular formula is C37H57BrClK6N4NaO8S5. The number of hydrogen-bond donors (Lipinski definition) is 1. The number of thiophene rings is 1. The minimum Gasteiger partial charge on any atom is 1.00 e. The summed E-state index contributed by atoms with van der Waals surface area (Å²) in [4.78, 5) is 76.2. The van der Waals surface area contributed by atoms with Gasteiger partial charge < -0.3 is 28.0 Å². The average molecular weight is 1220 g/mol. The summed E-state index contributed by atoms with van der Waals surface area (Å²) >= 11 is 24.3. The second kappa shape index (κ2) is 58.0. The maximum absolute atomic E-state index is 11.1. The number of aliphatic imine (C=N–C) groups is 1. The number of thiocarbonyl (C=S) groups is 1. The molecule has 0 spiro atoms. The van der Waals surface area contributed by atoms with Crippen LogP contribution >= 0.6 is 85.5 Å². The molecule has 0 saturated carbocycles. The Morgan fingerprint density at radius 3 is 1.57 bits per heavy atom. The van der Waals surface area contributed by atoms with E-state index in [0.717, 1.165) is 42.7 Å². The number of ketones is 2. The van der Waals surface area contributed by atoms with Gasteiger partial charge in [-0.2, -0.15) is 0 Å². The zero-order valence-corrected chi connectivity index (χ0v) is 68.4. The van der Waals surface area contributed by atoms with E-state index >= 15 is 0 Å². The van der Waals surface area contributed by atoms with Crippen LogP contribution < -0.4 is 143 Å². The second-order valence-electron chi connectivity index (χ2n) is 12.4. The van der Waals surface area contributed by atoms with Gasteiger partial charge in [-0.3, -0.25) is 19.2 Å². The number of thioether (sulfide) groups is 1. The maximum atomic E-state index is 11.1. The van der Waals surface area contributed by atoms with Crippen LogP contribution in [-0.2, 0) is 23.9 Å². The van der Waals surface area contributed by atoms with Gasteiger partial charge in [0.05, 0.1) is 42.0 Å². The average Bonchev–Trinajstić information content (AvgIpc) is 3.98. The predicted molar refractivity (Wildman–Crippen MR) is 267 cm³/mol. The molecule has 0 unspecified atom stereocenters. The number of carbonyl (C=O) groups is 6. The van der Waals surface area contributed by atoms with Crippen molar-refractivity contribution < 1.29 is 174 Å². The molecule has 1 amide bonds. The second-order valence-corrected chi connectivity index (χ2v) is 17.9. The van der Waals surface area contributed by atoms with E-state index in [1.54, 1.807) is 43.9 Å². The zero-order valence-electron chi connectivity index (χ0n) is 43.3. The number of carbonyl (C=O) groups excluding carboxylic acids is 6. The molecule has 4 heterocycles. The molecule has 0 radical (unpaired) electrons. The van der Waals surface area contributed by atoms with Crippen molar-refractivity contribution in [2.24, 2.45) is 22.6 Å². The van der Waals surface area contributed by atoms with Crippen LogP contribution in [0.3, 0.4) is 0 Å². The van der Waals surface area contributed by atoms with Crippen molar-refractivity contribution in [3.8, 4) is 0 Å². The third-order valence-electron chi connectivity index (χ3n) is 5.73. The summed E-state index contributed by atoms with van der Waals surface area (Å²) in [6.07, 6.45) is 1.41. The molecule has 63 heavy (non-hydrogen) atoms. The Hall–Kier alpha value is 8.34. The fourth-order valence-corrected chi connectivity index (χ4v) is 6.84. The van der Waals surface area contributed by atoms with Crippen LogP contribution in [0.4, 0.5) is 0 Å². The summed E-state index contributed by atoms with van der Waals surface area (Å²) in [7, 11) is 0. The molecule has 1 aliphatic rings. The molecule has 0 atom stereocenters. The number of carboxylic acid groups (broad SMARTS) is 1. The molecule has 0 bridgehead atoms. The fourth-order valence-electron chi connectivity index (χ4n) is 2.64. The molecule has 0 aromatic carbocycles. The monoisotopic (exact) mass is 1220 g/mol. The Balaban J connectivity index is -0.0000000684. The van der Waals surface area contributed by atoms with Gasteiger partial charge in [0.1, 0.15) is 20.8 Å². The Bertz CT molecular complexity index is 1730. The molecule has 0 saturated heterocycles. The van der Waals surface area contributed by atoms with Crippen LogP contribution in [0.5, 0.6) is 0 Å². The maximum Gasteiger partial charge on any atom is 1.00 e. The van der Waals surface area contributed by atoms with Gasteiger partial charge >= 0.3 is 265 Å². The minimum absolute atomic E-state index is 0. The summed E-state index contributed by atoms with van der Waals surface area (Å²) < 4.78 is 5.65. The van der Waals surface area contributed by atoms with E-state index in [1.165, 1.54) is 149 Å². The van der Waals surface area contributed by atoms with E-state index in [2.05, 4.69) is 61.7 Å². The number of esters is 1. The van der Waals surface area contributed by atoms with Gasteiger partial charge in [-0.25, -0.2) is 15.0 Å². The third kappa shape index (κ3) is 53.5. The van der Waals surface area contributed by atoms with Gasteiger partial charge in [0.25, 0.3) is 5.91 Å². The fraction of sp³-hybridized carbons (Fsp3) is 0.568. The zero-order chi connectivity index (χ0) is 48.3. The largest absolute Gasteiger partial charge is 1.00 e. The van der Waals surface area contributed by atoms with E-state index in [0.29, 0.717) is 62.8 Å². The van der Waals surface area contributed by atoms with Crippen LogP contribution in [0.1, 0.15) is 140 Å². The number of thiazole rings is 2. The van der Waals surface area contributed by atoms with Crippen molar-refractivity contribution >= 4 is 267 Å². The number of hydrogen-bond acceptors (Lipinski definition) is 15. The molecule has 324 valence electrons. The first-order valence-corrected chi connectivity index (χ1v) is 56.7.